The minimum Gasteiger partial charge on any atom is -0.484 e. The Labute approximate surface area is 176 Å². The quantitative estimate of drug-likeness (QED) is 0.336. The van der Waals surface area contributed by atoms with Crippen LogP contribution in [0.3, 0.4) is 0 Å². The molecule has 0 spiro atoms. The standard InChI is InChI=1S/C23H28N2O5/c1-18-12-14-20(15-13-18)30-17-22(27)25-24-21(26)10-5-11-23(28)29-16-6-9-19-7-3-2-4-8-19/h2-4,7-8,12-15H,5-6,9-11,16-17H2,1H3,(H,24,26)(H,25,27). The van der Waals surface area contributed by atoms with E-state index in [-0.39, 0.29) is 31.3 Å². The van der Waals surface area contributed by atoms with E-state index in [1.807, 2.05) is 49.4 Å². The molecule has 0 aliphatic carbocycles. The Morgan fingerprint density at radius 1 is 0.833 bits per heavy atom. The van der Waals surface area contributed by atoms with Crippen LogP contribution in [-0.2, 0) is 25.5 Å². The number of nitrogens with one attached hydrogen (secondary N) is 2. The molecule has 160 valence electrons. The molecule has 0 radical (unpaired) electrons. The summed E-state index contributed by atoms with van der Waals surface area (Å²) in [4.78, 5) is 35.1. The molecule has 0 fully saturated rings. The van der Waals surface area contributed by atoms with E-state index in [9.17, 15) is 14.4 Å². The summed E-state index contributed by atoms with van der Waals surface area (Å²) in [6.07, 6.45) is 2.22. The van der Waals surface area contributed by atoms with Gasteiger partial charge in [0.2, 0.25) is 5.91 Å². The molecule has 7 nitrogen and oxygen atoms in total. The largest absolute Gasteiger partial charge is 0.484 e. The van der Waals surface area contributed by atoms with Crippen molar-refractivity contribution in [2.45, 2.75) is 39.0 Å². The molecule has 0 saturated heterocycles. The fourth-order valence-corrected chi connectivity index (χ4v) is 2.59. The van der Waals surface area contributed by atoms with E-state index in [0.717, 1.165) is 18.4 Å². The van der Waals surface area contributed by atoms with Gasteiger partial charge in [0.15, 0.2) is 6.61 Å². The molecule has 2 rings (SSSR count). The molecule has 0 heterocycles. The van der Waals surface area contributed by atoms with Crippen LogP contribution in [0.25, 0.3) is 0 Å². The summed E-state index contributed by atoms with van der Waals surface area (Å²) in [5.74, 6) is -0.604. The third kappa shape index (κ3) is 9.73. The molecule has 0 saturated carbocycles. The summed E-state index contributed by atoms with van der Waals surface area (Å²) in [7, 11) is 0. The predicted molar refractivity (Wildman–Crippen MR) is 113 cm³/mol. The fraction of sp³-hybridized carbons (Fsp3) is 0.348. The van der Waals surface area contributed by atoms with Crippen LogP contribution in [0.1, 0.15) is 36.8 Å². The van der Waals surface area contributed by atoms with Crippen molar-refractivity contribution in [1.82, 2.24) is 10.9 Å². The van der Waals surface area contributed by atoms with E-state index in [1.165, 1.54) is 5.56 Å². The Morgan fingerprint density at radius 3 is 2.27 bits per heavy atom. The first-order valence-corrected chi connectivity index (χ1v) is 9.99. The van der Waals surface area contributed by atoms with Gasteiger partial charge < -0.3 is 9.47 Å². The van der Waals surface area contributed by atoms with Crippen molar-refractivity contribution in [3.63, 3.8) is 0 Å². The van der Waals surface area contributed by atoms with Crippen LogP contribution in [-0.4, -0.2) is 31.0 Å². The molecule has 0 unspecified atom stereocenters. The van der Waals surface area contributed by atoms with E-state index in [2.05, 4.69) is 10.9 Å². The second-order valence-electron chi connectivity index (χ2n) is 6.86. The zero-order chi connectivity index (χ0) is 21.6. The van der Waals surface area contributed by atoms with Gasteiger partial charge in [-0.1, -0.05) is 48.0 Å². The van der Waals surface area contributed by atoms with Gasteiger partial charge in [-0.05, 0) is 43.9 Å². The maximum absolute atomic E-state index is 11.7. The van der Waals surface area contributed by atoms with E-state index in [0.29, 0.717) is 18.8 Å². The summed E-state index contributed by atoms with van der Waals surface area (Å²) in [5, 5.41) is 0. The van der Waals surface area contributed by atoms with Gasteiger partial charge in [-0.15, -0.1) is 0 Å². The number of hydrogen-bond donors (Lipinski definition) is 2. The number of carbonyl (C=O) groups is 3. The average molecular weight is 412 g/mol. The highest BCUT2D eigenvalue weighted by Gasteiger charge is 2.08. The van der Waals surface area contributed by atoms with Crippen molar-refractivity contribution < 1.29 is 23.9 Å². The molecule has 7 heteroatoms. The van der Waals surface area contributed by atoms with Crippen molar-refractivity contribution in [2.24, 2.45) is 0 Å². The minimum atomic E-state index is -0.471. The van der Waals surface area contributed by atoms with Crippen molar-refractivity contribution in [3.05, 3.63) is 65.7 Å². The van der Waals surface area contributed by atoms with Gasteiger partial charge in [-0.25, -0.2) is 0 Å². The lowest BCUT2D eigenvalue weighted by Gasteiger charge is -2.09. The molecule has 0 aliphatic rings. The first kappa shape index (κ1) is 22.9. The molecule has 0 atom stereocenters. The first-order valence-electron chi connectivity index (χ1n) is 9.99. The number of amides is 2. The smallest absolute Gasteiger partial charge is 0.305 e. The van der Waals surface area contributed by atoms with Crippen LogP contribution in [0.5, 0.6) is 5.75 Å². The predicted octanol–water partition coefficient (Wildman–Crippen LogP) is 2.87. The van der Waals surface area contributed by atoms with Crippen LogP contribution in [0.15, 0.2) is 54.6 Å². The van der Waals surface area contributed by atoms with Gasteiger partial charge in [0.05, 0.1) is 6.61 Å². The molecule has 0 aromatic heterocycles. The maximum atomic E-state index is 11.7. The highest BCUT2D eigenvalue weighted by Crippen LogP contribution is 2.10. The number of ether oxygens (including phenoxy) is 2. The lowest BCUT2D eigenvalue weighted by atomic mass is 10.1. The zero-order valence-corrected chi connectivity index (χ0v) is 17.2. The second-order valence-corrected chi connectivity index (χ2v) is 6.86. The lowest BCUT2D eigenvalue weighted by Crippen LogP contribution is -2.43. The fourth-order valence-electron chi connectivity index (χ4n) is 2.59. The number of hydrogen-bond acceptors (Lipinski definition) is 5. The molecule has 2 aromatic carbocycles. The van der Waals surface area contributed by atoms with Crippen molar-refractivity contribution in [2.75, 3.05) is 13.2 Å². The van der Waals surface area contributed by atoms with Gasteiger partial charge in [0.1, 0.15) is 5.75 Å². The van der Waals surface area contributed by atoms with Gasteiger partial charge in [-0.3, -0.25) is 25.2 Å². The Kier molecular flexibility index (Phi) is 9.92. The summed E-state index contributed by atoms with van der Waals surface area (Å²) in [6, 6.07) is 17.3. The summed E-state index contributed by atoms with van der Waals surface area (Å²) < 4.78 is 10.5. The number of hydrazine groups is 1. The van der Waals surface area contributed by atoms with Crippen LogP contribution in [0, 0.1) is 6.92 Å². The van der Waals surface area contributed by atoms with Crippen molar-refractivity contribution >= 4 is 17.8 Å². The molecule has 0 bridgehead atoms. The second kappa shape index (κ2) is 13.0. The van der Waals surface area contributed by atoms with Crippen LogP contribution >= 0.6 is 0 Å². The molecule has 0 aliphatic heterocycles. The third-order valence-electron chi connectivity index (χ3n) is 4.23. The average Bonchev–Trinajstić information content (AvgIpc) is 2.75. The van der Waals surface area contributed by atoms with Gasteiger partial charge in [-0.2, -0.15) is 0 Å². The maximum Gasteiger partial charge on any atom is 0.305 e. The highest BCUT2D eigenvalue weighted by atomic mass is 16.5. The highest BCUT2D eigenvalue weighted by molar-refractivity contribution is 5.83. The Morgan fingerprint density at radius 2 is 1.53 bits per heavy atom. The van der Waals surface area contributed by atoms with E-state index < -0.39 is 5.91 Å². The minimum absolute atomic E-state index is 0.109. The molecule has 2 amide bonds. The monoisotopic (exact) mass is 412 g/mol. The molecule has 30 heavy (non-hydrogen) atoms. The van der Waals surface area contributed by atoms with Crippen LogP contribution < -0.4 is 15.6 Å². The molecule has 2 aromatic rings. The number of esters is 1. The van der Waals surface area contributed by atoms with Crippen molar-refractivity contribution in [3.8, 4) is 5.75 Å². The van der Waals surface area contributed by atoms with Crippen LogP contribution in [0.4, 0.5) is 0 Å². The summed E-state index contributed by atoms with van der Waals surface area (Å²) in [6.45, 7) is 2.10. The number of benzene rings is 2. The normalized spacial score (nSPS) is 10.2. The SMILES string of the molecule is Cc1ccc(OCC(=O)NNC(=O)CCCC(=O)OCCCc2ccccc2)cc1. The number of carbonyl (C=O) groups excluding carboxylic acids is 3. The first-order chi connectivity index (χ1) is 14.5. The third-order valence-corrected chi connectivity index (χ3v) is 4.23. The Balaban J connectivity index is 1.48. The summed E-state index contributed by atoms with van der Waals surface area (Å²) >= 11 is 0. The zero-order valence-electron chi connectivity index (χ0n) is 17.2. The van der Waals surface area contributed by atoms with Gasteiger partial charge in [0.25, 0.3) is 5.91 Å². The molecular weight excluding hydrogens is 384 g/mol. The Hall–Kier alpha value is -3.35. The topological polar surface area (TPSA) is 93.7 Å². The van der Waals surface area contributed by atoms with E-state index in [4.69, 9.17) is 9.47 Å². The Bertz CT molecular complexity index is 806. The molecule has 2 N–H and O–H groups in total. The van der Waals surface area contributed by atoms with Gasteiger partial charge >= 0.3 is 5.97 Å². The molecular formula is C23H28N2O5. The number of aryl methyl sites for hydroxylation is 2. The van der Waals surface area contributed by atoms with E-state index >= 15 is 0 Å². The van der Waals surface area contributed by atoms with Gasteiger partial charge in [0, 0.05) is 12.8 Å². The van der Waals surface area contributed by atoms with Crippen molar-refractivity contribution in [1.29, 1.82) is 0 Å². The summed E-state index contributed by atoms with van der Waals surface area (Å²) in [5.41, 5.74) is 6.88. The van der Waals surface area contributed by atoms with Crippen LogP contribution in [0.2, 0.25) is 0 Å². The lowest BCUT2D eigenvalue weighted by molar-refractivity contribution is -0.144. The van der Waals surface area contributed by atoms with E-state index in [1.54, 1.807) is 12.1 Å². The number of rotatable bonds is 11.